The largest absolute Gasteiger partial charge is 0.481 e. The zero-order valence-electron chi connectivity index (χ0n) is 11.9. The van der Waals surface area contributed by atoms with Gasteiger partial charge in [-0.2, -0.15) is 0 Å². The van der Waals surface area contributed by atoms with Crippen molar-refractivity contribution in [2.45, 2.75) is 25.0 Å². The maximum Gasteiger partial charge on any atom is 0.320 e. The van der Waals surface area contributed by atoms with Crippen molar-refractivity contribution in [3.8, 4) is 0 Å². The number of ether oxygens (including phenoxy) is 1. The number of morpholine rings is 1. The van der Waals surface area contributed by atoms with E-state index >= 15 is 0 Å². The number of hydrogen-bond acceptors (Lipinski definition) is 5. The molecule has 8 nitrogen and oxygen atoms in total. The van der Waals surface area contributed by atoms with Gasteiger partial charge in [0.05, 0.1) is 30.6 Å². The van der Waals surface area contributed by atoms with Crippen molar-refractivity contribution in [1.29, 1.82) is 0 Å². The summed E-state index contributed by atoms with van der Waals surface area (Å²) in [7, 11) is -1.45. The van der Waals surface area contributed by atoms with Gasteiger partial charge in [0.15, 0.2) is 9.84 Å². The van der Waals surface area contributed by atoms with E-state index in [9.17, 15) is 18.0 Å². The van der Waals surface area contributed by atoms with Gasteiger partial charge < -0.3 is 19.6 Å². The molecule has 0 saturated carbocycles. The minimum Gasteiger partial charge on any atom is -0.481 e. The lowest BCUT2D eigenvalue weighted by atomic mass is 10.2. The number of aliphatic carboxylic acids is 1. The average molecular weight is 320 g/mol. The Morgan fingerprint density at radius 3 is 2.71 bits per heavy atom. The number of amides is 2. The van der Waals surface area contributed by atoms with Crippen LogP contribution in [0, 0.1) is 0 Å². The first-order chi connectivity index (χ1) is 9.78. The Morgan fingerprint density at radius 1 is 1.43 bits per heavy atom. The average Bonchev–Trinajstić information content (AvgIpc) is 2.77. The van der Waals surface area contributed by atoms with E-state index in [0.717, 1.165) is 0 Å². The van der Waals surface area contributed by atoms with Crippen molar-refractivity contribution in [2.24, 2.45) is 0 Å². The Labute approximate surface area is 123 Å². The third kappa shape index (κ3) is 4.07. The summed E-state index contributed by atoms with van der Waals surface area (Å²) in [6.45, 7) is 0.897. The van der Waals surface area contributed by atoms with Crippen molar-refractivity contribution in [2.75, 3.05) is 38.2 Å². The highest BCUT2D eigenvalue weighted by atomic mass is 32.2. The van der Waals surface area contributed by atoms with E-state index in [-0.39, 0.29) is 36.5 Å². The third-order valence-corrected chi connectivity index (χ3v) is 5.62. The molecule has 0 bridgehead atoms. The van der Waals surface area contributed by atoms with Crippen molar-refractivity contribution in [3.05, 3.63) is 0 Å². The second-order valence-electron chi connectivity index (χ2n) is 5.49. The first-order valence-electron chi connectivity index (χ1n) is 6.84. The summed E-state index contributed by atoms with van der Waals surface area (Å²) in [4.78, 5) is 26.1. The molecule has 0 spiro atoms. The van der Waals surface area contributed by atoms with E-state index in [1.807, 2.05) is 0 Å². The van der Waals surface area contributed by atoms with Crippen LogP contribution in [-0.2, 0) is 19.4 Å². The third-order valence-electron chi connectivity index (χ3n) is 3.87. The standard InChI is InChI=1S/C12H20N2O6S/c1-13(9-2-5-21(18,19)8-9)12(17)14-3-4-20-10(7-14)6-11(15)16/h9-10H,2-8H2,1H3,(H,15,16). The van der Waals surface area contributed by atoms with Gasteiger partial charge in [-0.25, -0.2) is 13.2 Å². The van der Waals surface area contributed by atoms with Crippen LogP contribution in [0.2, 0.25) is 0 Å². The number of urea groups is 1. The second-order valence-corrected chi connectivity index (χ2v) is 7.72. The van der Waals surface area contributed by atoms with E-state index in [4.69, 9.17) is 9.84 Å². The fourth-order valence-corrected chi connectivity index (χ4v) is 4.45. The normalized spacial score (nSPS) is 28.3. The van der Waals surface area contributed by atoms with Gasteiger partial charge in [0.25, 0.3) is 0 Å². The van der Waals surface area contributed by atoms with Gasteiger partial charge in [-0.1, -0.05) is 0 Å². The first-order valence-corrected chi connectivity index (χ1v) is 8.66. The Bertz CT molecular complexity index is 520. The van der Waals surface area contributed by atoms with Crippen LogP contribution < -0.4 is 0 Å². The predicted molar refractivity (Wildman–Crippen MR) is 73.8 cm³/mol. The second kappa shape index (κ2) is 6.18. The van der Waals surface area contributed by atoms with Crippen LogP contribution >= 0.6 is 0 Å². The molecule has 2 rings (SSSR count). The Morgan fingerprint density at radius 2 is 2.14 bits per heavy atom. The topological polar surface area (TPSA) is 104 Å². The maximum absolute atomic E-state index is 12.4. The van der Waals surface area contributed by atoms with Crippen LogP contribution in [0.25, 0.3) is 0 Å². The summed E-state index contributed by atoms with van der Waals surface area (Å²) < 4.78 is 28.3. The zero-order chi connectivity index (χ0) is 15.6. The van der Waals surface area contributed by atoms with E-state index in [1.54, 1.807) is 7.05 Å². The molecule has 9 heteroatoms. The smallest absolute Gasteiger partial charge is 0.320 e. The molecule has 0 aromatic heterocycles. The van der Waals surface area contributed by atoms with Gasteiger partial charge >= 0.3 is 12.0 Å². The molecule has 0 aromatic carbocycles. The number of carboxylic acid groups (broad SMARTS) is 1. The van der Waals surface area contributed by atoms with Gasteiger partial charge in [-0.3, -0.25) is 4.79 Å². The molecule has 0 aliphatic carbocycles. The van der Waals surface area contributed by atoms with E-state index in [0.29, 0.717) is 19.6 Å². The van der Waals surface area contributed by atoms with Crippen LogP contribution in [0.5, 0.6) is 0 Å². The van der Waals surface area contributed by atoms with E-state index in [1.165, 1.54) is 9.80 Å². The van der Waals surface area contributed by atoms with Crippen molar-refractivity contribution in [3.63, 3.8) is 0 Å². The summed E-state index contributed by atoms with van der Waals surface area (Å²) in [5.74, 6) is -0.859. The van der Waals surface area contributed by atoms with Gasteiger partial charge in [0.2, 0.25) is 0 Å². The molecule has 2 unspecified atom stereocenters. The minimum atomic E-state index is -3.05. The molecule has 2 amide bonds. The van der Waals surface area contributed by atoms with Gasteiger partial charge in [0.1, 0.15) is 0 Å². The molecule has 2 fully saturated rings. The van der Waals surface area contributed by atoms with Crippen molar-refractivity contribution < 1.29 is 27.9 Å². The molecule has 21 heavy (non-hydrogen) atoms. The molecule has 2 heterocycles. The Balaban J connectivity index is 1.94. The molecule has 2 aliphatic heterocycles. The summed E-state index contributed by atoms with van der Waals surface area (Å²) in [6, 6.07) is -0.570. The molecule has 120 valence electrons. The summed E-state index contributed by atoms with van der Waals surface area (Å²) in [5, 5.41) is 8.77. The SMILES string of the molecule is CN(C(=O)N1CCOC(CC(=O)O)C1)C1CCS(=O)(=O)C1. The van der Waals surface area contributed by atoms with Gasteiger partial charge in [-0.05, 0) is 6.42 Å². The fourth-order valence-electron chi connectivity index (χ4n) is 2.67. The van der Waals surface area contributed by atoms with Crippen LogP contribution in [0.1, 0.15) is 12.8 Å². The van der Waals surface area contributed by atoms with Crippen LogP contribution in [0.4, 0.5) is 4.79 Å². The summed E-state index contributed by atoms with van der Waals surface area (Å²) >= 11 is 0. The van der Waals surface area contributed by atoms with Crippen LogP contribution in [0.3, 0.4) is 0 Å². The quantitative estimate of drug-likeness (QED) is 0.745. The fraction of sp³-hybridized carbons (Fsp3) is 0.833. The lowest BCUT2D eigenvalue weighted by Crippen LogP contribution is -2.52. The molecular weight excluding hydrogens is 300 g/mol. The van der Waals surface area contributed by atoms with Gasteiger partial charge in [0, 0.05) is 26.2 Å². The maximum atomic E-state index is 12.4. The molecule has 2 atom stereocenters. The van der Waals surface area contributed by atoms with E-state index in [2.05, 4.69) is 0 Å². The number of sulfone groups is 1. The molecule has 2 aliphatic rings. The highest BCUT2D eigenvalue weighted by molar-refractivity contribution is 7.91. The molecular formula is C12H20N2O6S. The number of hydrogen-bond donors (Lipinski definition) is 1. The highest BCUT2D eigenvalue weighted by Gasteiger charge is 2.35. The summed E-state index contributed by atoms with van der Waals surface area (Å²) in [6.07, 6.45) is -0.209. The van der Waals surface area contributed by atoms with Crippen LogP contribution in [0.15, 0.2) is 0 Å². The van der Waals surface area contributed by atoms with E-state index < -0.39 is 21.9 Å². The lowest BCUT2D eigenvalue weighted by molar-refractivity contribution is -0.141. The molecule has 2 saturated heterocycles. The monoisotopic (exact) mass is 320 g/mol. The Hall–Kier alpha value is -1.35. The van der Waals surface area contributed by atoms with Crippen molar-refractivity contribution in [1.82, 2.24) is 9.80 Å². The lowest BCUT2D eigenvalue weighted by Gasteiger charge is -2.36. The predicted octanol–water partition coefficient (Wildman–Crippen LogP) is -0.599. The minimum absolute atomic E-state index is 0.00185. The first kappa shape index (κ1) is 16.0. The number of nitrogens with zero attached hydrogens (tertiary/aromatic N) is 2. The number of carbonyl (C=O) groups is 2. The number of carboxylic acids is 1. The number of carbonyl (C=O) groups excluding carboxylic acids is 1. The molecule has 0 aromatic rings. The molecule has 0 radical (unpaired) electrons. The Kier molecular flexibility index (Phi) is 4.72. The van der Waals surface area contributed by atoms with Gasteiger partial charge in [-0.15, -0.1) is 0 Å². The van der Waals surface area contributed by atoms with Crippen molar-refractivity contribution >= 4 is 21.8 Å². The highest BCUT2D eigenvalue weighted by Crippen LogP contribution is 2.19. The number of rotatable bonds is 3. The summed E-state index contributed by atoms with van der Waals surface area (Å²) in [5.41, 5.74) is 0. The molecule has 1 N–H and O–H groups in total. The van der Waals surface area contributed by atoms with Crippen LogP contribution in [-0.4, -0.2) is 85.7 Å². The zero-order valence-corrected chi connectivity index (χ0v) is 12.7.